The minimum absolute atomic E-state index is 0.151. The highest BCUT2D eigenvalue weighted by Crippen LogP contribution is 2.38. The van der Waals surface area contributed by atoms with Gasteiger partial charge in [-0.1, -0.05) is 23.2 Å². The Morgan fingerprint density at radius 3 is 2.84 bits per heavy atom. The largest absolute Gasteiger partial charge is 0.456 e. The molecule has 32 heavy (non-hydrogen) atoms. The molecule has 0 radical (unpaired) electrons. The van der Waals surface area contributed by atoms with Crippen molar-refractivity contribution in [3.8, 4) is 0 Å². The van der Waals surface area contributed by atoms with Gasteiger partial charge in [-0.25, -0.2) is 14.3 Å². The first-order chi connectivity index (χ1) is 15.4. The molecule has 0 unspecified atom stereocenters. The van der Waals surface area contributed by atoms with Gasteiger partial charge in [0, 0.05) is 22.8 Å². The van der Waals surface area contributed by atoms with Gasteiger partial charge in [0.15, 0.2) is 11.2 Å². The maximum absolute atomic E-state index is 12.8. The van der Waals surface area contributed by atoms with Gasteiger partial charge in [-0.3, -0.25) is 4.79 Å². The zero-order valence-electron chi connectivity index (χ0n) is 16.7. The van der Waals surface area contributed by atoms with E-state index in [2.05, 4.69) is 15.4 Å². The Morgan fingerprint density at radius 1 is 1.28 bits per heavy atom. The number of fused-ring (bicyclic) bond motifs is 2. The lowest BCUT2D eigenvalue weighted by atomic mass is 10.1. The van der Waals surface area contributed by atoms with Crippen LogP contribution in [0.15, 0.2) is 41.2 Å². The molecule has 0 aliphatic carbocycles. The van der Waals surface area contributed by atoms with Crippen molar-refractivity contribution >= 4 is 51.7 Å². The van der Waals surface area contributed by atoms with Gasteiger partial charge in [0.25, 0.3) is 5.91 Å². The lowest BCUT2D eigenvalue weighted by molar-refractivity contribution is -0.103. The van der Waals surface area contributed by atoms with E-state index in [0.29, 0.717) is 34.8 Å². The van der Waals surface area contributed by atoms with E-state index < -0.39 is 17.9 Å². The van der Waals surface area contributed by atoms with Crippen LogP contribution < -0.4 is 5.32 Å². The molecule has 1 saturated heterocycles. The van der Waals surface area contributed by atoms with Crippen molar-refractivity contribution in [1.82, 2.24) is 19.9 Å². The van der Waals surface area contributed by atoms with Gasteiger partial charge in [-0.15, -0.1) is 0 Å². The molecule has 5 rings (SSSR count). The lowest BCUT2D eigenvalue weighted by Gasteiger charge is -2.25. The van der Waals surface area contributed by atoms with E-state index in [1.54, 1.807) is 31.5 Å². The van der Waals surface area contributed by atoms with E-state index in [4.69, 9.17) is 37.1 Å². The average Bonchev–Trinajstić information content (AvgIpc) is 3.32. The Bertz CT molecular complexity index is 1360. The van der Waals surface area contributed by atoms with Crippen molar-refractivity contribution in [3.05, 3.63) is 63.7 Å². The number of furan rings is 1. The highest BCUT2D eigenvalue weighted by molar-refractivity contribution is 6.38. The SMILES string of the molecule is C[C@H](NC(=O)c1cnn2cccnc12)c1oc2c(C(=O)OC3COC3)cc(Cl)cc2c1Cl. The molecule has 1 N–H and O–H groups in total. The van der Waals surface area contributed by atoms with Crippen molar-refractivity contribution in [1.29, 1.82) is 0 Å². The number of carbonyl (C=O) groups excluding carboxylic acids is 2. The van der Waals surface area contributed by atoms with Crippen molar-refractivity contribution < 1.29 is 23.5 Å². The van der Waals surface area contributed by atoms with E-state index >= 15 is 0 Å². The molecular formula is C21H16Cl2N4O5. The Morgan fingerprint density at radius 2 is 2.09 bits per heavy atom. The van der Waals surface area contributed by atoms with E-state index in [0.717, 1.165) is 0 Å². The average molecular weight is 475 g/mol. The quantitative estimate of drug-likeness (QED) is 0.437. The summed E-state index contributed by atoms with van der Waals surface area (Å²) in [5.41, 5.74) is 1.11. The van der Waals surface area contributed by atoms with Crippen LogP contribution in [-0.4, -0.2) is 45.8 Å². The fraction of sp³-hybridized carbons (Fsp3) is 0.238. The molecule has 11 heteroatoms. The number of rotatable bonds is 5. The van der Waals surface area contributed by atoms with E-state index in [-0.39, 0.29) is 28.0 Å². The maximum Gasteiger partial charge on any atom is 0.342 e. The maximum atomic E-state index is 12.8. The molecule has 9 nitrogen and oxygen atoms in total. The number of hydrogen-bond donors (Lipinski definition) is 1. The van der Waals surface area contributed by atoms with Gasteiger partial charge in [-0.05, 0) is 25.1 Å². The normalized spacial score (nSPS) is 15.0. The Hall–Kier alpha value is -3.14. The Kier molecular flexibility index (Phi) is 5.24. The second-order valence-corrected chi connectivity index (χ2v) is 8.13. The smallest absolute Gasteiger partial charge is 0.342 e. The predicted octanol–water partition coefficient (Wildman–Crippen LogP) is 3.83. The highest BCUT2D eigenvalue weighted by atomic mass is 35.5. The summed E-state index contributed by atoms with van der Waals surface area (Å²) in [6.45, 7) is 2.41. The number of amides is 1. The number of aromatic nitrogens is 3. The minimum Gasteiger partial charge on any atom is -0.456 e. The number of nitrogens with zero attached hydrogens (tertiary/aromatic N) is 3. The Balaban J connectivity index is 1.45. The van der Waals surface area contributed by atoms with E-state index in [1.807, 2.05) is 0 Å². The first-order valence-corrected chi connectivity index (χ1v) is 10.5. The van der Waals surface area contributed by atoms with Gasteiger partial charge >= 0.3 is 5.97 Å². The molecule has 3 aromatic heterocycles. The third kappa shape index (κ3) is 3.58. The topological polar surface area (TPSA) is 108 Å². The van der Waals surface area contributed by atoms with Crippen LogP contribution in [0.4, 0.5) is 0 Å². The number of ether oxygens (including phenoxy) is 2. The van der Waals surface area contributed by atoms with Crippen LogP contribution in [-0.2, 0) is 9.47 Å². The summed E-state index contributed by atoms with van der Waals surface area (Å²) >= 11 is 12.7. The van der Waals surface area contributed by atoms with Crippen molar-refractivity contribution in [3.63, 3.8) is 0 Å². The first kappa shape index (κ1) is 20.7. The molecule has 164 valence electrons. The molecule has 0 bridgehead atoms. The molecule has 1 aliphatic heterocycles. The number of esters is 1. The van der Waals surface area contributed by atoms with Gasteiger partial charge in [0.2, 0.25) is 0 Å². The predicted molar refractivity (Wildman–Crippen MR) is 115 cm³/mol. The number of carbonyl (C=O) groups is 2. The summed E-state index contributed by atoms with van der Waals surface area (Å²) in [6.07, 6.45) is 4.40. The Labute approximate surface area is 191 Å². The molecule has 1 aromatic carbocycles. The van der Waals surface area contributed by atoms with Gasteiger partial charge in [0.05, 0.1) is 30.5 Å². The molecule has 4 heterocycles. The molecule has 0 saturated carbocycles. The molecule has 1 fully saturated rings. The van der Waals surface area contributed by atoms with Crippen LogP contribution in [0, 0.1) is 0 Å². The molecular weight excluding hydrogens is 459 g/mol. The van der Waals surface area contributed by atoms with Crippen LogP contribution >= 0.6 is 23.2 Å². The van der Waals surface area contributed by atoms with Gasteiger partial charge < -0.3 is 19.2 Å². The fourth-order valence-corrected chi connectivity index (χ4v) is 3.97. The van der Waals surface area contributed by atoms with Gasteiger partial charge in [-0.2, -0.15) is 5.10 Å². The van der Waals surface area contributed by atoms with E-state index in [1.165, 1.54) is 16.8 Å². The van der Waals surface area contributed by atoms with E-state index in [9.17, 15) is 9.59 Å². The number of benzene rings is 1. The molecule has 4 aromatic rings. The second kappa shape index (κ2) is 8.09. The summed E-state index contributed by atoms with van der Waals surface area (Å²) in [6, 6.07) is 4.15. The molecule has 1 amide bonds. The summed E-state index contributed by atoms with van der Waals surface area (Å²) in [5, 5.41) is 7.94. The first-order valence-electron chi connectivity index (χ1n) is 9.71. The van der Waals surface area contributed by atoms with Crippen LogP contribution in [0.2, 0.25) is 10.0 Å². The number of nitrogens with one attached hydrogen (secondary N) is 1. The zero-order valence-corrected chi connectivity index (χ0v) is 18.2. The standard InChI is InChI=1S/C21H16Cl2N4O5/c1-10(26-20(28)15-7-25-27-4-2-3-24-19(15)27)17-16(23)13-5-11(22)6-14(18(13)32-17)21(29)31-12-8-30-9-12/h2-7,10,12H,8-9H2,1H3,(H,26,28)/t10-/m0/s1. The van der Waals surface area contributed by atoms with Crippen LogP contribution in [0.5, 0.6) is 0 Å². The highest BCUT2D eigenvalue weighted by Gasteiger charge is 2.28. The third-order valence-corrected chi connectivity index (χ3v) is 5.69. The second-order valence-electron chi connectivity index (χ2n) is 7.32. The summed E-state index contributed by atoms with van der Waals surface area (Å²) in [4.78, 5) is 29.6. The third-order valence-electron chi connectivity index (χ3n) is 5.08. The van der Waals surface area contributed by atoms with Crippen LogP contribution in [0.3, 0.4) is 0 Å². The fourth-order valence-electron chi connectivity index (χ4n) is 3.41. The van der Waals surface area contributed by atoms with Crippen molar-refractivity contribution in [2.75, 3.05) is 13.2 Å². The molecule has 0 spiro atoms. The summed E-state index contributed by atoms with van der Waals surface area (Å²) in [7, 11) is 0. The lowest BCUT2D eigenvalue weighted by Crippen LogP contribution is -2.37. The number of hydrogen-bond acceptors (Lipinski definition) is 7. The summed E-state index contributed by atoms with van der Waals surface area (Å²) < 4.78 is 17.9. The monoisotopic (exact) mass is 474 g/mol. The van der Waals surface area contributed by atoms with Crippen molar-refractivity contribution in [2.24, 2.45) is 0 Å². The van der Waals surface area contributed by atoms with Crippen molar-refractivity contribution in [2.45, 2.75) is 19.1 Å². The zero-order chi connectivity index (χ0) is 22.4. The van der Waals surface area contributed by atoms with Crippen LogP contribution in [0.1, 0.15) is 39.4 Å². The van der Waals surface area contributed by atoms with Gasteiger partial charge in [0.1, 0.15) is 23.0 Å². The van der Waals surface area contributed by atoms with Crippen LogP contribution in [0.25, 0.3) is 16.6 Å². The number of halogens is 2. The molecule has 1 aliphatic rings. The minimum atomic E-state index is -0.622. The summed E-state index contributed by atoms with van der Waals surface area (Å²) in [5.74, 6) is -0.704. The molecule has 1 atom stereocenters.